The maximum absolute atomic E-state index is 12.2. The summed E-state index contributed by atoms with van der Waals surface area (Å²) in [5.41, 5.74) is 4.94. The van der Waals surface area contributed by atoms with Crippen molar-refractivity contribution in [2.24, 2.45) is 0 Å². The van der Waals surface area contributed by atoms with Gasteiger partial charge in [-0.05, 0) is 53.8 Å². The molecule has 5 heteroatoms. The van der Waals surface area contributed by atoms with Gasteiger partial charge in [0, 0.05) is 23.8 Å². The van der Waals surface area contributed by atoms with E-state index in [0.29, 0.717) is 18.3 Å². The molecule has 0 aliphatic rings. The highest BCUT2D eigenvalue weighted by atomic mass is 16.1. The number of rotatable bonds is 6. The third-order valence-electron chi connectivity index (χ3n) is 4.42. The molecule has 2 heterocycles. The van der Waals surface area contributed by atoms with Crippen LogP contribution in [0.2, 0.25) is 0 Å². The number of aromatic nitrogens is 3. The van der Waals surface area contributed by atoms with Gasteiger partial charge in [0.1, 0.15) is 0 Å². The average Bonchev–Trinajstić information content (AvgIpc) is 3.09. The Morgan fingerprint density at radius 1 is 1.07 bits per heavy atom. The van der Waals surface area contributed by atoms with Crippen LogP contribution in [0.3, 0.4) is 0 Å². The smallest absolute Gasteiger partial charge is 0.228 e. The SMILES string of the molecule is CC(C)c1cc(C(C)C)n(-c2ccc(NC(=O)Cc3cccnc3)cc2)n1. The molecule has 2 aromatic heterocycles. The van der Waals surface area contributed by atoms with Crippen molar-refractivity contribution in [3.05, 3.63) is 71.8 Å². The Bertz CT molecular complexity index is 896. The minimum absolute atomic E-state index is 0.0557. The van der Waals surface area contributed by atoms with Crippen LogP contribution in [-0.2, 0) is 11.2 Å². The van der Waals surface area contributed by atoms with Gasteiger partial charge in [0.25, 0.3) is 0 Å². The first-order valence-electron chi connectivity index (χ1n) is 9.33. The topological polar surface area (TPSA) is 59.8 Å². The predicted octanol–water partition coefficient (Wildman–Crippen LogP) is 4.70. The Morgan fingerprint density at radius 2 is 1.81 bits per heavy atom. The van der Waals surface area contributed by atoms with Gasteiger partial charge in [-0.3, -0.25) is 9.78 Å². The van der Waals surface area contributed by atoms with E-state index < -0.39 is 0 Å². The van der Waals surface area contributed by atoms with Crippen molar-refractivity contribution >= 4 is 11.6 Å². The highest BCUT2D eigenvalue weighted by Gasteiger charge is 2.14. The first-order chi connectivity index (χ1) is 12.9. The Labute approximate surface area is 160 Å². The minimum atomic E-state index is -0.0557. The van der Waals surface area contributed by atoms with Crippen LogP contribution >= 0.6 is 0 Å². The summed E-state index contributed by atoms with van der Waals surface area (Å²) in [6.07, 6.45) is 3.72. The molecule has 1 N–H and O–H groups in total. The standard InChI is InChI=1S/C22H26N4O/c1-15(2)20-13-21(16(3)4)26(25-20)19-9-7-18(8-10-19)24-22(27)12-17-6-5-11-23-14-17/h5-11,13-16H,12H2,1-4H3,(H,24,27). The predicted molar refractivity (Wildman–Crippen MR) is 108 cm³/mol. The molecule has 3 aromatic rings. The number of pyridine rings is 1. The molecule has 5 nitrogen and oxygen atoms in total. The van der Waals surface area contributed by atoms with E-state index in [9.17, 15) is 4.79 Å². The van der Waals surface area contributed by atoms with Crippen molar-refractivity contribution in [1.82, 2.24) is 14.8 Å². The summed E-state index contributed by atoms with van der Waals surface area (Å²) >= 11 is 0. The van der Waals surface area contributed by atoms with Gasteiger partial charge in [-0.25, -0.2) is 4.68 Å². The Morgan fingerprint density at radius 3 is 2.41 bits per heavy atom. The number of hydrogen-bond acceptors (Lipinski definition) is 3. The molecule has 27 heavy (non-hydrogen) atoms. The summed E-state index contributed by atoms with van der Waals surface area (Å²) in [7, 11) is 0. The van der Waals surface area contributed by atoms with Crippen LogP contribution in [0.1, 0.15) is 56.5 Å². The lowest BCUT2D eigenvalue weighted by molar-refractivity contribution is -0.115. The highest BCUT2D eigenvalue weighted by Crippen LogP contribution is 2.24. The van der Waals surface area contributed by atoms with Crippen LogP contribution in [0.5, 0.6) is 0 Å². The molecule has 1 amide bonds. The van der Waals surface area contributed by atoms with Crippen molar-refractivity contribution in [3.8, 4) is 5.69 Å². The first-order valence-corrected chi connectivity index (χ1v) is 9.33. The van der Waals surface area contributed by atoms with Gasteiger partial charge in [-0.2, -0.15) is 5.10 Å². The summed E-state index contributed by atoms with van der Waals surface area (Å²) in [5.74, 6) is 0.707. The van der Waals surface area contributed by atoms with E-state index in [2.05, 4.69) is 44.1 Å². The third-order valence-corrected chi connectivity index (χ3v) is 4.42. The number of carbonyl (C=O) groups is 1. The molecule has 0 unspecified atom stereocenters. The van der Waals surface area contributed by atoms with E-state index >= 15 is 0 Å². The second kappa shape index (κ2) is 8.16. The molecule has 140 valence electrons. The Hall–Kier alpha value is -2.95. The molecular weight excluding hydrogens is 336 g/mol. The lowest BCUT2D eigenvalue weighted by Crippen LogP contribution is -2.14. The van der Waals surface area contributed by atoms with E-state index in [1.807, 2.05) is 41.1 Å². The quantitative estimate of drug-likeness (QED) is 0.692. The number of hydrogen-bond donors (Lipinski definition) is 1. The fourth-order valence-electron chi connectivity index (χ4n) is 2.89. The molecule has 3 rings (SSSR count). The van der Waals surface area contributed by atoms with E-state index in [1.165, 1.54) is 5.69 Å². The van der Waals surface area contributed by atoms with Crippen LogP contribution in [0.4, 0.5) is 5.69 Å². The fourth-order valence-corrected chi connectivity index (χ4v) is 2.89. The number of nitrogens with zero attached hydrogens (tertiary/aromatic N) is 3. The van der Waals surface area contributed by atoms with E-state index in [1.54, 1.807) is 12.4 Å². The van der Waals surface area contributed by atoms with Gasteiger partial charge >= 0.3 is 0 Å². The van der Waals surface area contributed by atoms with E-state index in [4.69, 9.17) is 5.10 Å². The average molecular weight is 362 g/mol. The minimum Gasteiger partial charge on any atom is -0.326 e. The molecule has 0 atom stereocenters. The van der Waals surface area contributed by atoms with Crippen LogP contribution in [0.25, 0.3) is 5.69 Å². The van der Waals surface area contributed by atoms with Crippen molar-refractivity contribution in [2.45, 2.75) is 46.0 Å². The number of carbonyl (C=O) groups excluding carboxylic acids is 1. The first kappa shape index (κ1) is 18.8. The Balaban J connectivity index is 1.75. The highest BCUT2D eigenvalue weighted by molar-refractivity contribution is 5.92. The summed E-state index contributed by atoms with van der Waals surface area (Å²) in [6, 6.07) is 13.7. The van der Waals surface area contributed by atoms with Gasteiger partial charge in [-0.1, -0.05) is 33.8 Å². The molecule has 1 aromatic carbocycles. The molecule has 0 spiro atoms. The monoisotopic (exact) mass is 362 g/mol. The maximum atomic E-state index is 12.2. The maximum Gasteiger partial charge on any atom is 0.228 e. The van der Waals surface area contributed by atoms with Crippen LogP contribution in [-0.4, -0.2) is 20.7 Å². The van der Waals surface area contributed by atoms with Crippen LogP contribution in [0.15, 0.2) is 54.9 Å². The second-order valence-corrected chi connectivity index (χ2v) is 7.35. The molecular formula is C22H26N4O. The van der Waals surface area contributed by atoms with Crippen LogP contribution < -0.4 is 5.32 Å². The zero-order valence-corrected chi connectivity index (χ0v) is 16.3. The molecule has 0 saturated heterocycles. The van der Waals surface area contributed by atoms with Gasteiger partial charge in [0.05, 0.1) is 17.8 Å². The van der Waals surface area contributed by atoms with Gasteiger partial charge in [0.15, 0.2) is 0 Å². The molecule has 0 radical (unpaired) electrons. The van der Waals surface area contributed by atoms with Crippen molar-refractivity contribution in [3.63, 3.8) is 0 Å². The molecule has 0 saturated carbocycles. The molecule has 0 aliphatic carbocycles. The second-order valence-electron chi connectivity index (χ2n) is 7.35. The number of benzene rings is 1. The summed E-state index contributed by atoms with van der Waals surface area (Å²) in [5, 5.41) is 7.70. The fraction of sp³-hybridized carbons (Fsp3) is 0.318. The third kappa shape index (κ3) is 4.61. The number of nitrogens with one attached hydrogen (secondary N) is 1. The lowest BCUT2D eigenvalue weighted by Gasteiger charge is -2.11. The number of amides is 1. The zero-order valence-electron chi connectivity index (χ0n) is 16.3. The summed E-state index contributed by atoms with van der Waals surface area (Å²) in [6.45, 7) is 8.64. The van der Waals surface area contributed by atoms with Gasteiger partial charge < -0.3 is 5.32 Å². The Kier molecular flexibility index (Phi) is 5.69. The van der Waals surface area contributed by atoms with Gasteiger partial charge in [-0.15, -0.1) is 0 Å². The number of anilines is 1. The summed E-state index contributed by atoms with van der Waals surface area (Å²) < 4.78 is 2.00. The molecule has 0 bridgehead atoms. The normalized spacial score (nSPS) is 11.2. The van der Waals surface area contributed by atoms with Gasteiger partial charge in [0.2, 0.25) is 5.91 Å². The van der Waals surface area contributed by atoms with E-state index in [-0.39, 0.29) is 5.91 Å². The largest absolute Gasteiger partial charge is 0.326 e. The summed E-state index contributed by atoms with van der Waals surface area (Å²) in [4.78, 5) is 16.2. The van der Waals surface area contributed by atoms with E-state index in [0.717, 1.165) is 22.6 Å². The van der Waals surface area contributed by atoms with Crippen molar-refractivity contribution in [1.29, 1.82) is 0 Å². The lowest BCUT2D eigenvalue weighted by atomic mass is 10.1. The van der Waals surface area contributed by atoms with Crippen LogP contribution in [0, 0.1) is 0 Å². The van der Waals surface area contributed by atoms with Crippen molar-refractivity contribution < 1.29 is 4.79 Å². The zero-order chi connectivity index (χ0) is 19.4. The molecule has 0 aliphatic heterocycles. The molecule has 0 fully saturated rings. The van der Waals surface area contributed by atoms with Crippen molar-refractivity contribution in [2.75, 3.05) is 5.32 Å².